The van der Waals surface area contributed by atoms with Gasteiger partial charge in [0.2, 0.25) is 10.0 Å². The van der Waals surface area contributed by atoms with Gasteiger partial charge in [-0.05, 0) is 55.0 Å². The van der Waals surface area contributed by atoms with Crippen molar-refractivity contribution in [1.29, 1.82) is 0 Å². The van der Waals surface area contributed by atoms with Gasteiger partial charge in [-0.3, -0.25) is 4.79 Å². The number of anilines is 1. The van der Waals surface area contributed by atoms with Crippen LogP contribution in [0.2, 0.25) is 0 Å². The Morgan fingerprint density at radius 3 is 2.47 bits per heavy atom. The van der Waals surface area contributed by atoms with Crippen molar-refractivity contribution in [2.24, 2.45) is 11.8 Å². The van der Waals surface area contributed by atoms with Crippen molar-refractivity contribution in [3.05, 3.63) is 36.4 Å². The van der Waals surface area contributed by atoms with E-state index in [1.807, 2.05) is 0 Å². The van der Waals surface area contributed by atoms with Crippen LogP contribution in [0.25, 0.3) is 21.9 Å². The number of hydrogen-bond acceptors (Lipinski definition) is 5. The fourth-order valence-electron chi connectivity index (χ4n) is 4.33. The van der Waals surface area contributed by atoms with E-state index in [0.717, 1.165) is 12.8 Å². The molecular formula is C24H29N3O6S. The maximum Gasteiger partial charge on any atom is 0.322 e. The quantitative estimate of drug-likeness (QED) is 0.374. The van der Waals surface area contributed by atoms with Crippen LogP contribution in [-0.2, 0) is 14.8 Å². The molecule has 2 amide bonds. The first kappa shape index (κ1) is 24.0. The molecule has 4 N–H and O–H groups in total. The van der Waals surface area contributed by atoms with Gasteiger partial charge in [0.25, 0.3) is 0 Å². The number of sulfonamides is 1. The molecule has 34 heavy (non-hydrogen) atoms. The SMILES string of the molecule is CC(C)C(NS(=O)(=O)c1ccc2oc3cc(NC(=O)NCC4CCCC4)ccc3c2c1)C(=O)O. The van der Waals surface area contributed by atoms with Gasteiger partial charge in [0, 0.05) is 29.1 Å². The van der Waals surface area contributed by atoms with Crippen molar-refractivity contribution in [2.75, 3.05) is 11.9 Å². The van der Waals surface area contributed by atoms with Gasteiger partial charge >= 0.3 is 12.0 Å². The first-order chi connectivity index (χ1) is 16.1. The molecule has 9 nitrogen and oxygen atoms in total. The van der Waals surface area contributed by atoms with Crippen molar-refractivity contribution in [3.8, 4) is 0 Å². The molecule has 4 rings (SSSR count). The first-order valence-electron chi connectivity index (χ1n) is 11.4. The molecule has 10 heteroatoms. The number of amides is 2. The summed E-state index contributed by atoms with van der Waals surface area (Å²) in [6, 6.07) is 8.03. The number of benzene rings is 2. The average molecular weight is 488 g/mol. The summed E-state index contributed by atoms with van der Waals surface area (Å²) in [5.74, 6) is -1.12. The summed E-state index contributed by atoms with van der Waals surface area (Å²) in [5, 5.41) is 16.3. The normalized spacial score (nSPS) is 15.7. The van der Waals surface area contributed by atoms with Crippen molar-refractivity contribution in [3.63, 3.8) is 0 Å². The van der Waals surface area contributed by atoms with Crippen molar-refractivity contribution in [2.45, 2.75) is 50.5 Å². The number of carboxylic acids is 1. The molecule has 1 unspecified atom stereocenters. The molecular weight excluding hydrogens is 458 g/mol. The number of carbonyl (C=O) groups excluding carboxylic acids is 1. The number of rotatable bonds is 8. The van der Waals surface area contributed by atoms with Crippen LogP contribution in [-0.4, -0.2) is 38.1 Å². The molecule has 0 spiro atoms. The summed E-state index contributed by atoms with van der Waals surface area (Å²) in [7, 11) is -4.06. The highest BCUT2D eigenvalue weighted by Gasteiger charge is 2.28. The minimum atomic E-state index is -4.06. The number of carboxylic acid groups (broad SMARTS) is 1. The predicted octanol–water partition coefficient (Wildman–Crippen LogP) is 4.29. The molecule has 1 fully saturated rings. The standard InChI is InChI=1S/C24H29N3O6S/c1-14(2)22(23(28)29)27-34(31,32)17-8-10-20-19(12-17)18-9-7-16(11-21(18)33-20)26-24(30)25-13-15-5-3-4-6-15/h7-12,14-15,22,27H,3-6,13H2,1-2H3,(H,28,29)(H2,25,26,30). The van der Waals surface area contributed by atoms with Gasteiger partial charge in [-0.1, -0.05) is 26.7 Å². The number of hydrogen-bond donors (Lipinski definition) is 4. The van der Waals surface area contributed by atoms with Gasteiger partial charge in [0.15, 0.2) is 0 Å². The fraction of sp³-hybridized carbons (Fsp3) is 0.417. The second-order valence-electron chi connectivity index (χ2n) is 9.14. The summed E-state index contributed by atoms with van der Waals surface area (Å²) in [4.78, 5) is 23.6. The van der Waals surface area contributed by atoms with E-state index in [1.54, 1.807) is 32.0 Å². The van der Waals surface area contributed by atoms with Gasteiger partial charge in [0.1, 0.15) is 17.2 Å². The van der Waals surface area contributed by atoms with Crippen LogP contribution < -0.4 is 15.4 Å². The van der Waals surface area contributed by atoms with E-state index in [9.17, 15) is 23.1 Å². The van der Waals surface area contributed by atoms with Crippen LogP contribution in [0, 0.1) is 11.8 Å². The number of fused-ring (bicyclic) bond motifs is 3. The van der Waals surface area contributed by atoms with Gasteiger partial charge < -0.3 is 20.2 Å². The topological polar surface area (TPSA) is 138 Å². The molecule has 1 aromatic heterocycles. The van der Waals surface area contributed by atoms with Crippen LogP contribution in [0.4, 0.5) is 10.5 Å². The number of urea groups is 1. The third-order valence-electron chi connectivity index (χ3n) is 6.25. The highest BCUT2D eigenvalue weighted by Crippen LogP contribution is 2.32. The molecule has 0 radical (unpaired) electrons. The minimum Gasteiger partial charge on any atom is -0.480 e. The Morgan fingerprint density at radius 2 is 1.79 bits per heavy atom. The van der Waals surface area contributed by atoms with E-state index in [0.29, 0.717) is 40.1 Å². The van der Waals surface area contributed by atoms with Gasteiger partial charge in [-0.25, -0.2) is 13.2 Å². The third-order valence-corrected chi connectivity index (χ3v) is 7.69. The summed E-state index contributed by atoms with van der Waals surface area (Å²) in [6.45, 7) is 3.92. The molecule has 1 saturated carbocycles. The monoisotopic (exact) mass is 487 g/mol. The zero-order valence-electron chi connectivity index (χ0n) is 19.1. The minimum absolute atomic E-state index is 0.0527. The molecule has 1 heterocycles. The third kappa shape index (κ3) is 5.18. The maximum absolute atomic E-state index is 12.8. The summed E-state index contributed by atoms with van der Waals surface area (Å²) in [6.07, 6.45) is 4.72. The fourth-order valence-corrected chi connectivity index (χ4v) is 5.70. The Labute approximate surface area is 197 Å². The van der Waals surface area contributed by atoms with Crippen molar-refractivity contribution in [1.82, 2.24) is 10.0 Å². The van der Waals surface area contributed by atoms with Crippen molar-refractivity contribution < 1.29 is 27.5 Å². The predicted molar refractivity (Wildman–Crippen MR) is 129 cm³/mol. The van der Waals surface area contributed by atoms with E-state index >= 15 is 0 Å². The molecule has 182 valence electrons. The number of aliphatic carboxylic acids is 1. The molecule has 1 aliphatic carbocycles. The second kappa shape index (κ2) is 9.63. The van der Waals surface area contributed by atoms with E-state index in [4.69, 9.17) is 4.42 Å². The van der Waals surface area contributed by atoms with Crippen molar-refractivity contribution >= 4 is 49.6 Å². The zero-order chi connectivity index (χ0) is 24.5. The van der Waals surface area contributed by atoms with Gasteiger partial charge in [0.05, 0.1) is 4.90 Å². The number of furan rings is 1. The maximum atomic E-state index is 12.8. The second-order valence-corrected chi connectivity index (χ2v) is 10.9. The summed E-state index contributed by atoms with van der Waals surface area (Å²) < 4.78 is 33.8. The van der Waals surface area contributed by atoms with Crippen LogP contribution in [0.1, 0.15) is 39.5 Å². The summed E-state index contributed by atoms with van der Waals surface area (Å²) in [5.41, 5.74) is 1.54. The lowest BCUT2D eigenvalue weighted by molar-refractivity contribution is -0.140. The van der Waals surface area contributed by atoms with Gasteiger partial charge in [-0.15, -0.1) is 0 Å². The lowest BCUT2D eigenvalue weighted by atomic mass is 10.1. The van der Waals surface area contributed by atoms with Crippen LogP contribution >= 0.6 is 0 Å². The van der Waals surface area contributed by atoms with Crippen LogP contribution in [0.5, 0.6) is 0 Å². The molecule has 1 atom stereocenters. The Kier molecular flexibility index (Phi) is 6.81. The molecule has 0 aliphatic heterocycles. The Morgan fingerprint density at radius 1 is 1.06 bits per heavy atom. The first-order valence-corrected chi connectivity index (χ1v) is 12.9. The molecule has 0 saturated heterocycles. The largest absolute Gasteiger partial charge is 0.480 e. The lowest BCUT2D eigenvalue weighted by Crippen LogP contribution is -2.44. The van der Waals surface area contributed by atoms with Gasteiger partial charge in [-0.2, -0.15) is 4.72 Å². The Bertz CT molecular complexity index is 1330. The average Bonchev–Trinajstić information content (AvgIpc) is 3.42. The number of carbonyl (C=O) groups is 2. The van der Waals surface area contributed by atoms with E-state index < -0.39 is 28.0 Å². The summed E-state index contributed by atoms with van der Waals surface area (Å²) >= 11 is 0. The van der Waals surface area contributed by atoms with E-state index in [2.05, 4.69) is 15.4 Å². The number of nitrogens with one attached hydrogen (secondary N) is 3. The molecule has 3 aromatic rings. The van der Waals surface area contributed by atoms with E-state index in [1.165, 1.54) is 31.0 Å². The smallest absolute Gasteiger partial charge is 0.322 e. The zero-order valence-corrected chi connectivity index (χ0v) is 19.9. The highest BCUT2D eigenvalue weighted by atomic mass is 32.2. The van der Waals surface area contributed by atoms with Crippen LogP contribution in [0.15, 0.2) is 45.7 Å². The molecule has 0 bridgehead atoms. The van der Waals surface area contributed by atoms with E-state index in [-0.39, 0.29) is 10.9 Å². The Balaban J connectivity index is 1.54. The highest BCUT2D eigenvalue weighted by molar-refractivity contribution is 7.89. The molecule has 2 aromatic carbocycles. The Hall–Kier alpha value is -3.11. The molecule has 1 aliphatic rings. The van der Waals surface area contributed by atoms with Crippen LogP contribution in [0.3, 0.4) is 0 Å². The lowest BCUT2D eigenvalue weighted by Gasteiger charge is -2.17.